The number of anilines is 1. The van der Waals surface area contributed by atoms with Crippen LogP contribution in [0.15, 0.2) is 24.3 Å². The molecule has 1 aliphatic heterocycles. The fourth-order valence-electron chi connectivity index (χ4n) is 2.22. The summed E-state index contributed by atoms with van der Waals surface area (Å²) in [5.41, 5.74) is 6.27. The molecule has 1 aromatic rings. The minimum absolute atomic E-state index is 0.00364. The Hall–Kier alpha value is -2.24. The number of nitrogens with zero attached hydrogens (tertiary/aromatic N) is 2. The summed E-state index contributed by atoms with van der Waals surface area (Å²) in [6.45, 7) is 3.72. The summed E-state index contributed by atoms with van der Waals surface area (Å²) in [7, 11) is 0. The van der Waals surface area contributed by atoms with Gasteiger partial charge in [-0.1, -0.05) is 6.92 Å². The Morgan fingerprint density at radius 2 is 1.62 bits per heavy atom. The van der Waals surface area contributed by atoms with Crippen LogP contribution in [-0.4, -0.2) is 54.4 Å². The molecule has 0 aromatic heterocycles. The van der Waals surface area contributed by atoms with Gasteiger partial charge in [0.1, 0.15) is 12.4 Å². The summed E-state index contributed by atoms with van der Waals surface area (Å²) >= 11 is 0. The second kappa shape index (κ2) is 6.97. The third kappa shape index (κ3) is 4.11. The number of carbonyl (C=O) groups is 2. The fourth-order valence-corrected chi connectivity index (χ4v) is 2.22. The van der Waals surface area contributed by atoms with E-state index in [9.17, 15) is 9.59 Å². The van der Waals surface area contributed by atoms with E-state index >= 15 is 0 Å². The van der Waals surface area contributed by atoms with Gasteiger partial charge in [0, 0.05) is 12.2 Å². The molecular weight excluding hydrogens is 270 g/mol. The maximum Gasteiger partial charge on any atom is 0.242 e. The van der Waals surface area contributed by atoms with Crippen molar-refractivity contribution >= 4 is 17.5 Å². The summed E-state index contributed by atoms with van der Waals surface area (Å²) in [6, 6.07) is 7.07. The van der Waals surface area contributed by atoms with Crippen LogP contribution in [0.4, 0.5) is 5.69 Å². The van der Waals surface area contributed by atoms with Crippen molar-refractivity contribution in [3.05, 3.63) is 24.3 Å². The molecule has 1 fully saturated rings. The largest absolute Gasteiger partial charge is 0.492 e. The number of hydrogen-bond acceptors (Lipinski definition) is 4. The third-order valence-corrected chi connectivity index (χ3v) is 3.36. The van der Waals surface area contributed by atoms with Gasteiger partial charge in [-0.2, -0.15) is 0 Å². The first-order valence-corrected chi connectivity index (χ1v) is 7.14. The molecule has 1 saturated heterocycles. The Labute approximate surface area is 124 Å². The number of nitrogen functional groups attached to an aromatic ring is 1. The molecule has 2 rings (SSSR count). The summed E-state index contributed by atoms with van der Waals surface area (Å²) < 4.78 is 5.55. The van der Waals surface area contributed by atoms with E-state index in [0.717, 1.165) is 6.42 Å². The number of carbonyl (C=O) groups excluding carboxylic acids is 2. The maximum absolute atomic E-state index is 12.0. The first kappa shape index (κ1) is 15.2. The highest BCUT2D eigenvalue weighted by Crippen LogP contribution is 2.13. The van der Waals surface area contributed by atoms with E-state index in [2.05, 4.69) is 0 Å². The Balaban J connectivity index is 1.79. The number of ether oxygens (including phenoxy) is 1. The van der Waals surface area contributed by atoms with E-state index in [4.69, 9.17) is 10.5 Å². The molecule has 0 spiro atoms. The van der Waals surface area contributed by atoms with Crippen molar-refractivity contribution < 1.29 is 14.3 Å². The van der Waals surface area contributed by atoms with Gasteiger partial charge in [0.15, 0.2) is 0 Å². The van der Waals surface area contributed by atoms with Crippen LogP contribution < -0.4 is 10.5 Å². The molecule has 1 aliphatic rings. The summed E-state index contributed by atoms with van der Waals surface area (Å²) in [5.74, 6) is 0.681. The van der Waals surface area contributed by atoms with E-state index in [1.165, 1.54) is 0 Å². The van der Waals surface area contributed by atoms with Gasteiger partial charge in [-0.05, 0) is 30.7 Å². The van der Waals surface area contributed by atoms with Crippen LogP contribution >= 0.6 is 0 Å². The SMILES string of the molecule is CCCN1CC(=O)N(CCOc2ccc(N)cc2)CC1=O. The van der Waals surface area contributed by atoms with Crippen molar-refractivity contribution in [2.75, 3.05) is 38.5 Å². The molecule has 114 valence electrons. The molecule has 6 heteroatoms. The van der Waals surface area contributed by atoms with Gasteiger partial charge in [-0.3, -0.25) is 9.59 Å². The molecular formula is C15H21N3O3. The lowest BCUT2D eigenvalue weighted by molar-refractivity contribution is -0.150. The van der Waals surface area contributed by atoms with Crippen LogP contribution in [-0.2, 0) is 9.59 Å². The minimum Gasteiger partial charge on any atom is -0.492 e. The second-order valence-corrected chi connectivity index (χ2v) is 5.05. The number of amides is 2. The summed E-state index contributed by atoms with van der Waals surface area (Å²) in [5, 5.41) is 0. The highest BCUT2D eigenvalue weighted by molar-refractivity contribution is 5.92. The molecule has 21 heavy (non-hydrogen) atoms. The van der Waals surface area contributed by atoms with Crippen LogP contribution in [0.5, 0.6) is 5.75 Å². The highest BCUT2D eigenvalue weighted by atomic mass is 16.5. The number of piperazine rings is 1. The normalized spacial score (nSPS) is 15.5. The zero-order valence-electron chi connectivity index (χ0n) is 12.2. The van der Waals surface area contributed by atoms with Crippen LogP contribution in [0.25, 0.3) is 0 Å². The maximum atomic E-state index is 12.0. The quantitative estimate of drug-likeness (QED) is 0.784. The number of rotatable bonds is 6. The Bertz CT molecular complexity index is 501. The van der Waals surface area contributed by atoms with Crippen molar-refractivity contribution in [3.63, 3.8) is 0 Å². The average molecular weight is 291 g/mol. The Kier molecular flexibility index (Phi) is 5.03. The van der Waals surface area contributed by atoms with Crippen molar-refractivity contribution in [3.8, 4) is 5.75 Å². The van der Waals surface area contributed by atoms with Gasteiger partial charge >= 0.3 is 0 Å². The smallest absolute Gasteiger partial charge is 0.242 e. The third-order valence-electron chi connectivity index (χ3n) is 3.36. The van der Waals surface area contributed by atoms with Gasteiger partial charge < -0.3 is 20.3 Å². The highest BCUT2D eigenvalue weighted by Gasteiger charge is 2.28. The van der Waals surface area contributed by atoms with Crippen molar-refractivity contribution in [1.29, 1.82) is 0 Å². The lowest BCUT2D eigenvalue weighted by atomic mass is 10.2. The minimum atomic E-state index is -0.0241. The van der Waals surface area contributed by atoms with Gasteiger partial charge in [-0.25, -0.2) is 0 Å². The molecule has 0 radical (unpaired) electrons. The number of benzene rings is 1. The Morgan fingerprint density at radius 1 is 1.05 bits per heavy atom. The zero-order chi connectivity index (χ0) is 15.2. The van der Waals surface area contributed by atoms with Gasteiger partial charge in [-0.15, -0.1) is 0 Å². The molecule has 1 heterocycles. The molecule has 6 nitrogen and oxygen atoms in total. The molecule has 0 atom stereocenters. The molecule has 2 amide bonds. The molecule has 1 aromatic carbocycles. The summed E-state index contributed by atoms with van der Waals surface area (Å²) in [4.78, 5) is 27.0. The molecule has 0 saturated carbocycles. The standard InChI is InChI=1S/C15H21N3O3/c1-2-7-17-10-15(20)18(11-14(17)19)8-9-21-13-5-3-12(16)4-6-13/h3-6H,2,7-11,16H2,1H3. The summed E-state index contributed by atoms with van der Waals surface area (Å²) in [6.07, 6.45) is 0.860. The Morgan fingerprint density at radius 3 is 2.19 bits per heavy atom. The van der Waals surface area contributed by atoms with Crippen LogP contribution in [0, 0.1) is 0 Å². The van der Waals surface area contributed by atoms with Crippen molar-refractivity contribution in [1.82, 2.24) is 9.80 Å². The first-order valence-electron chi connectivity index (χ1n) is 7.14. The van der Waals surface area contributed by atoms with E-state index < -0.39 is 0 Å². The van der Waals surface area contributed by atoms with Gasteiger partial charge in [0.2, 0.25) is 11.8 Å². The lowest BCUT2D eigenvalue weighted by Crippen LogP contribution is -2.54. The van der Waals surface area contributed by atoms with Crippen molar-refractivity contribution in [2.45, 2.75) is 13.3 Å². The van der Waals surface area contributed by atoms with Crippen molar-refractivity contribution in [2.24, 2.45) is 0 Å². The number of hydrogen-bond donors (Lipinski definition) is 1. The number of nitrogens with two attached hydrogens (primary N) is 1. The predicted octanol–water partition coefficient (Wildman–Crippen LogP) is 0.728. The fraction of sp³-hybridized carbons (Fsp3) is 0.467. The van der Waals surface area contributed by atoms with Crippen LogP contribution in [0.2, 0.25) is 0 Å². The molecule has 0 aliphatic carbocycles. The van der Waals surface area contributed by atoms with Crippen LogP contribution in [0.3, 0.4) is 0 Å². The van der Waals surface area contributed by atoms with Gasteiger partial charge in [0.25, 0.3) is 0 Å². The first-order chi connectivity index (χ1) is 10.1. The second-order valence-electron chi connectivity index (χ2n) is 5.05. The monoisotopic (exact) mass is 291 g/mol. The topological polar surface area (TPSA) is 75.9 Å². The van der Waals surface area contributed by atoms with Crippen LogP contribution in [0.1, 0.15) is 13.3 Å². The van der Waals surface area contributed by atoms with E-state index in [1.54, 1.807) is 34.1 Å². The van der Waals surface area contributed by atoms with E-state index in [0.29, 0.717) is 31.1 Å². The molecule has 0 unspecified atom stereocenters. The lowest BCUT2D eigenvalue weighted by Gasteiger charge is -2.33. The predicted molar refractivity (Wildman–Crippen MR) is 79.8 cm³/mol. The average Bonchev–Trinajstić information content (AvgIpc) is 2.46. The van der Waals surface area contributed by atoms with E-state index in [1.807, 2.05) is 6.92 Å². The molecule has 2 N–H and O–H groups in total. The molecule has 0 bridgehead atoms. The zero-order valence-corrected chi connectivity index (χ0v) is 12.2. The van der Waals surface area contributed by atoms with Gasteiger partial charge in [0.05, 0.1) is 19.6 Å². The van der Waals surface area contributed by atoms with E-state index in [-0.39, 0.29) is 24.9 Å².